The van der Waals surface area contributed by atoms with Gasteiger partial charge in [0.05, 0.1) is 18.7 Å². The summed E-state index contributed by atoms with van der Waals surface area (Å²) in [5.74, 6) is 1.59. The van der Waals surface area contributed by atoms with Gasteiger partial charge in [-0.2, -0.15) is 0 Å². The summed E-state index contributed by atoms with van der Waals surface area (Å²) in [7, 11) is 1.64. The normalized spacial score (nSPS) is 20.4. The predicted molar refractivity (Wildman–Crippen MR) is 111 cm³/mol. The first-order valence-corrected chi connectivity index (χ1v) is 10.2. The number of nitrogens with one attached hydrogen (secondary N) is 1. The van der Waals surface area contributed by atoms with Crippen LogP contribution in [0, 0.1) is 5.92 Å². The Kier molecular flexibility index (Phi) is 6.32. The minimum Gasteiger partial charge on any atom is -0.475 e. The van der Waals surface area contributed by atoms with Gasteiger partial charge in [0, 0.05) is 44.3 Å². The van der Waals surface area contributed by atoms with Crippen LogP contribution < -0.4 is 5.32 Å². The molecule has 2 aliphatic heterocycles. The summed E-state index contributed by atoms with van der Waals surface area (Å²) >= 11 is 0. The Hall–Kier alpha value is -2.57. The number of fused-ring (bicyclic) bond motifs is 1. The van der Waals surface area contributed by atoms with Crippen LogP contribution in [0.4, 0.5) is 0 Å². The molecule has 1 N–H and O–H groups in total. The number of pyridine rings is 1. The monoisotopic (exact) mass is 393 g/mol. The number of hydrogen-bond acceptors (Lipinski definition) is 6. The van der Waals surface area contributed by atoms with Crippen molar-refractivity contribution in [2.45, 2.75) is 25.3 Å². The number of ether oxygens (including phenoxy) is 2. The maximum atomic E-state index is 12.7. The van der Waals surface area contributed by atoms with Crippen molar-refractivity contribution in [3.05, 3.63) is 65.0 Å². The summed E-state index contributed by atoms with van der Waals surface area (Å²) in [4.78, 5) is 21.7. The largest absolute Gasteiger partial charge is 0.475 e. The Morgan fingerprint density at radius 1 is 1.21 bits per heavy atom. The first-order chi connectivity index (χ1) is 14.2. The van der Waals surface area contributed by atoms with Gasteiger partial charge in [0.15, 0.2) is 0 Å². The molecule has 1 aromatic heterocycles. The molecule has 1 aromatic carbocycles. The van der Waals surface area contributed by atoms with Crippen molar-refractivity contribution in [2.75, 3.05) is 33.4 Å². The standard InChI is InChI=1S/C23H27N3O3/c1-28-7-8-29-23-22-15-25-19(9-17(22)13-26-23)11-20(27)10-18-12-24-14-21(18)16-5-3-2-4-6-16/h2-6,9,15,18,21,24H,7-8,10-14H2,1H3/t18-,21+/m0/s1. The number of carbonyl (C=O) groups excluding carboxylic acids is 1. The highest BCUT2D eigenvalue weighted by molar-refractivity contribution is 5.97. The highest BCUT2D eigenvalue weighted by atomic mass is 16.5. The first-order valence-electron chi connectivity index (χ1n) is 10.2. The lowest BCUT2D eigenvalue weighted by Crippen LogP contribution is -2.17. The van der Waals surface area contributed by atoms with Gasteiger partial charge in [-0.05, 0) is 29.7 Å². The molecule has 0 spiro atoms. The highest BCUT2D eigenvalue weighted by Gasteiger charge is 2.30. The number of nitrogens with zero attached hydrogens (tertiary/aromatic N) is 2. The number of aliphatic imine (C=N–C) groups is 1. The van der Waals surface area contributed by atoms with E-state index in [1.807, 2.05) is 12.1 Å². The van der Waals surface area contributed by atoms with Crippen molar-refractivity contribution >= 4 is 11.7 Å². The van der Waals surface area contributed by atoms with Crippen LogP contribution in [0.5, 0.6) is 0 Å². The zero-order valence-corrected chi connectivity index (χ0v) is 16.8. The van der Waals surface area contributed by atoms with Gasteiger partial charge >= 0.3 is 0 Å². The average molecular weight is 393 g/mol. The molecule has 6 nitrogen and oxygen atoms in total. The molecule has 0 saturated carbocycles. The van der Waals surface area contributed by atoms with E-state index in [0.29, 0.717) is 50.3 Å². The Morgan fingerprint density at radius 2 is 2.07 bits per heavy atom. The Labute approximate surface area is 171 Å². The number of carbonyl (C=O) groups is 1. The van der Waals surface area contributed by atoms with E-state index in [0.717, 1.165) is 29.9 Å². The molecule has 3 heterocycles. The van der Waals surface area contributed by atoms with Gasteiger partial charge in [0.1, 0.15) is 12.4 Å². The van der Waals surface area contributed by atoms with E-state index in [9.17, 15) is 4.79 Å². The van der Waals surface area contributed by atoms with Crippen molar-refractivity contribution < 1.29 is 14.3 Å². The Bertz CT molecular complexity index is 882. The van der Waals surface area contributed by atoms with Crippen LogP contribution in [0.1, 0.15) is 34.7 Å². The first kappa shape index (κ1) is 19.7. The molecule has 0 aliphatic carbocycles. The van der Waals surface area contributed by atoms with Crippen LogP contribution in [0.15, 0.2) is 47.6 Å². The van der Waals surface area contributed by atoms with Crippen molar-refractivity contribution in [3.63, 3.8) is 0 Å². The zero-order valence-electron chi connectivity index (χ0n) is 16.8. The summed E-state index contributed by atoms with van der Waals surface area (Å²) < 4.78 is 10.6. The topological polar surface area (TPSA) is 72.8 Å². The molecule has 4 rings (SSSR count). The van der Waals surface area contributed by atoms with E-state index in [2.05, 4.69) is 39.6 Å². The second-order valence-corrected chi connectivity index (χ2v) is 7.65. The summed E-state index contributed by atoms with van der Waals surface area (Å²) in [5.41, 5.74) is 4.11. The molecule has 2 atom stereocenters. The second-order valence-electron chi connectivity index (χ2n) is 7.65. The molecule has 1 saturated heterocycles. The van der Waals surface area contributed by atoms with Crippen LogP contribution in [-0.2, 0) is 27.2 Å². The average Bonchev–Trinajstić information content (AvgIpc) is 3.35. The molecule has 0 bridgehead atoms. The van der Waals surface area contributed by atoms with Gasteiger partial charge in [-0.25, -0.2) is 4.99 Å². The fourth-order valence-electron chi connectivity index (χ4n) is 4.16. The molecular formula is C23H27N3O3. The van der Waals surface area contributed by atoms with E-state index < -0.39 is 0 Å². The quantitative estimate of drug-likeness (QED) is 0.698. The number of ketones is 1. The predicted octanol–water partition coefficient (Wildman–Crippen LogP) is 2.51. The van der Waals surface area contributed by atoms with Crippen LogP contribution >= 0.6 is 0 Å². The zero-order chi connectivity index (χ0) is 20.1. The number of aromatic nitrogens is 1. The Morgan fingerprint density at radius 3 is 2.90 bits per heavy atom. The molecule has 0 unspecified atom stereocenters. The summed E-state index contributed by atoms with van der Waals surface area (Å²) in [6.45, 7) is 3.38. The second kappa shape index (κ2) is 9.29. The van der Waals surface area contributed by atoms with Gasteiger partial charge in [-0.3, -0.25) is 9.78 Å². The van der Waals surface area contributed by atoms with Gasteiger partial charge in [0.25, 0.3) is 0 Å². The lowest BCUT2D eigenvalue weighted by molar-refractivity contribution is -0.119. The van der Waals surface area contributed by atoms with Crippen LogP contribution in [0.25, 0.3) is 0 Å². The van der Waals surface area contributed by atoms with E-state index in [4.69, 9.17) is 9.47 Å². The number of rotatable bonds is 8. The third kappa shape index (κ3) is 4.71. The molecule has 2 aliphatic rings. The number of methoxy groups -OCH3 is 1. The van der Waals surface area contributed by atoms with E-state index >= 15 is 0 Å². The van der Waals surface area contributed by atoms with E-state index in [1.165, 1.54) is 5.56 Å². The molecule has 6 heteroatoms. The van der Waals surface area contributed by atoms with Gasteiger partial charge in [-0.15, -0.1) is 0 Å². The summed E-state index contributed by atoms with van der Waals surface area (Å²) in [6.07, 6.45) is 2.72. The molecule has 1 fully saturated rings. The van der Waals surface area contributed by atoms with Gasteiger partial charge in [-0.1, -0.05) is 30.3 Å². The number of hydrogen-bond donors (Lipinski definition) is 1. The van der Waals surface area contributed by atoms with Crippen LogP contribution in [-0.4, -0.2) is 50.1 Å². The molecule has 29 heavy (non-hydrogen) atoms. The number of benzene rings is 1. The van der Waals surface area contributed by atoms with Crippen LogP contribution in [0.3, 0.4) is 0 Å². The van der Waals surface area contributed by atoms with Crippen molar-refractivity contribution in [1.29, 1.82) is 0 Å². The lowest BCUT2D eigenvalue weighted by Gasteiger charge is -2.18. The molecular weight excluding hydrogens is 366 g/mol. The smallest absolute Gasteiger partial charge is 0.218 e. The van der Waals surface area contributed by atoms with Crippen molar-refractivity contribution in [1.82, 2.24) is 10.3 Å². The lowest BCUT2D eigenvalue weighted by atomic mass is 9.85. The fraction of sp³-hybridized carbons (Fsp3) is 0.435. The third-order valence-corrected chi connectivity index (χ3v) is 5.63. The molecule has 0 radical (unpaired) electrons. The summed E-state index contributed by atoms with van der Waals surface area (Å²) in [6, 6.07) is 12.5. The van der Waals surface area contributed by atoms with Gasteiger partial charge in [0.2, 0.25) is 5.90 Å². The minimum atomic E-state index is 0.238. The highest BCUT2D eigenvalue weighted by Crippen LogP contribution is 2.31. The summed E-state index contributed by atoms with van der Waals surface area (Å²) in [5, 5.41) is 3.44. The fourth-order valence-corrected chi connectivity index (χ4v) is 4.16. The van der Waals surface area contributed by atoms with E-state index in [-0.39, 0.29) is 5.78 Å². The molecule has 152 valence electrons. The van der Waals surface area contributed by atoms with Crippen molar-refractivity contribution in [2.24, 2.45) is 10.9 Å². The van der Waals surface area contributed by atoms with Crippen molar-refractivity contribution in [3.8, 4) is 0 Å². The van der Waals surface area contributed by atoms with E-state index in [1.54, 1.807) is 13.3 Å². The third-order valence-electron chi connectivity index (χ3n) is 5.63. The van der Waals surface area contributed by atoms with Gasteiger partial charge < -0.3 is 14.8 Å². The maximum absolute atomic E-state index is 12.7. The SMILES string of the molecule is COCCOC1=NCc2cc(CC(=O)C[C@H]3CNC[C@@H]3c3ccccc3)ncc21. The Balaban J connectivity index is 1.35. The molecule has 0 amide bonds. The minimum absolute atomic E-state index is 0.238. The maximum Gasteiger partial charge on any atom is 0.218 e. The molecule has 2 aromatic rings. The van der Waals surface area contributed by atoms with Crippen LogP contribution in [0.2, 0.25) is 0 Å². The number of Topliss-reactive ketones (excluding diaryl/α,β-unsaturated/α-hetero) is 1.